The fourth-order valence-corrected chi connectivity index (χ4v) is 11.3. The molecule has 6 heteroatoms. The van der Waals surface area contributed by atoms with E-state index >= 15 is 0 Å². The average Bonchev–Trinajstić information content (AvgIpc) is 3.44. The molecule has 0 radical (unpaired) electrons. The minimum Gasteiger partial charge on any atom is -0.384 e. The molecule has 154 valence electrons. The highest BCUT2D eigenvalue weighted by Crippen LogP contribution is 2.84. The van der Waals surface area contributed by atoms with Gasteiger partial charge in [0.1, 0.15) is 11.2 Å². The highest BCUT2D eigenvalue weighted by molar-refractivity contribution is 5.35. The zero-order valence-corrected chi connectivity index (χ0v) is 16.4. The Morgan fingerprint density at radius 2 is 1.07 bits per heavy atom. The number of ether oxygens (including phenoxy) is 4. The molecule has 2 saturated heterocycles. The van der Waals surface area contributed by atoms with Crippen molar-refractivity contribution in [2.24, 2.45) is 59.2 Å². The Balaban J connectivity index is 1.41. The first-order valence-electron chi connectivity index (χ1n) is 11.4. The van der Waals surface area contributed by atoms with Gasteiger partial charge in [0.05, 0.1) is 12.2 Å². The van der Waals surface area contributed by atoms with Crippen LogP contribution in [-0.2, 0) is 18.9 Å². The molecule has 2 aliphatic heterocycles. The number of rotatable bonds is 2. The molecule has 0 aromatic heterocycles. The molecule has 2 heterocycles. The van der Waals surface area contributed by atoms with E-state index in [1.807, 2.05) is 0 Å². The highest BCUT2D eigenvalue weighted by atomic mass is 16.7. The van der Waals surface area contributed by atoms with Crippen molar-refractivity contribution in [3.63, 3.8) is 0 Å². The first-order chi connectivity index (χ1) is 13.6. The first kappa shape index (κ1) is 16.5. The normalized spacial score (nSPS) is 74.1. The van der Waals surface area contributed by atoms with Crippen LogP contribution >= 0.6 is 0 Å². The van der Waals surface area contributed by atoms with Crippen LogP contribution in [0.15, 0.2) is 0 Å². The van der Waals surface area contributed by atoms with Crippen molar-refractivity contribution in [1.29, 1.82) is 0 Å². The van der Waals surface area contributed by atoms with Gasteiger partial charge in [-0.1, -0.05) is 0 Å². The summed E-state index contributed by atoms with van der Waals surface area (Å²) in [6.45, 7) is 0. The van der Waals surface area contributed by atoms with Gasteiger partial charge in [0, 0.05) is 26.1 Å². The number of fused-ring (bicyclic) bond motifs is 4. The SMILES string of the molecule is COC1OC2CCC3C2C2C4C5C(C6CCC7O[C@@H](OC)[C@](O)(C34)C5C76)C12O. The van der Waals surface area contributed by atoms with Crippen LogP contribution in [0.25, 0.3) is 0 Å². The van der Waals surface area contributed by atoms with E-state index in [2.05, 4.69) is 0 Å². The van der Waals surface area contributed by atoms with Gasteiger partial charge < -0.3 is 29.2 Å². The lowest BCUT2D eigenvalue weighted by atomic mass is 9.67. The molecule has 28 heavy (non-hydrogen) atoms. The summed E-state index contributed by atoms with van der Waals surface area (Å²) in [5, 5.41) is 24.7. The molecule has 8 rings (SSSR count). The van der Waals surface area contributed by atoms with Gasteiger partial charge >= 0.3 is 0 Å². The summed E-state index contributed by atoms with van der Waals surface area (Å²) in [4.78, 5) is 0. The van der Waals surface area contributed by atoms with E-state index in [1.165, 1.54) is 0 Å². The Morgan fingerprint density at radius 1 is 0.643 bits per heavy atom. The largest absolute Gasteiger partial charge is 0.384 e. The zero-order chi connectivity index (χ0) is 18.7. The van der Waals surface area contributed by atoms with Gasteiger partial charge in [-0.05, 0) is 73.0 Å². The summed E-state index contributed by atoms with van der Waals surface area (Å²) in [5.41, 5.74) is -1.83. The van der Waals surface area contributed by atoms with E-state index < -0.39 is 23.8 Å². The number of methoxy groups -OCH3 is 2. The third-order valence-electron chi connectivity index (χ3n) is 11.2. The highest BCUT2D eigenvalue weighted by Gasteiger charge is 2.89. The van der Waals surface area contributed by atoms with Gasteiger partial charge in [-0.25, -0.2) is 0 Å². The fourth-order valence-electron chi connectivity index (χ4n) is 11.3. The van der Waals surface area contributed by atoms with Crippen molar-refractivity contribution in [2.45, 2.75) is 61.7 Å². The van der Waals surface area contributed by atoms with Crippen molar-refractivity contribution in [1.82, 2.24) is 0 Å². The molecule has 6 aliphatic carbocycles. The molecule has 6 nitrogen and oxygen atoms in total. The minimum absolute atomic E-state index is 0.157. The molecule has 0 aromatic carbocycles. The lowest BCUT2D eigenvalue weighted by Crippen LogP contribution is -2.62. The van der Waals surface area contributed by atoms with Crippen LogP contribution in [-0.4, -0.2) is 60.4 Å². The molecule has 0 spiro atoms. The van der Waals surface area contributed by atoms with Crippen molar-refractivity contribution < 1.29 is 29.2 Å². The lowest BCUT2D eigenvalue weighted by molar-refractivity contribution is -0.317. The van der Waals surface area contributed by atoms with Gasteiger partial charge in [-0.3, -0.25) is 0 Å². The molecule has 8 fully saturated rings. The van der Waals surface area contributed by atoms with Crippen molar-refractivity contribution in [3.05, 3.63) is 0 Å². The van der Waals surface area contributed by atoms with Crippen LogP contribution in [0.2, 0.25) is 0 Å². The quantitative estimate of drug-likeness (QED) is 0.733. The Morgan fingerprint density at radius 3 is 1.46 bits per heavy atom. The Hall–Kier alpha value is -0.240. The zero-order valence-electron chi connectivity index (χ0n) is 16.4. The molecule has 6 saturated carbocycles. The van der Waals surface area contributed by atoms with E-state index in [9.17, 15) is 10.2 Å². The summed E-state index contributed by atoms with van der Waals surface area (Å²) in [7, 11) is 3.38. The second-order valence-electron chi connectivity index (χ2n) is 11.2. The van der Waals surface area contributed by atoms with Crippen molar-refractivity contribution in [3.8, 4) is 0 Å². The van der Waals surface area contributed by atoms with Crippen molar-refractivity contribution >= 4 is 0 Å². The van der Waals surface area contributed by atoms with E-state index in [-0.39, 0.29) is 35.9 Å². The summed E-state index contributed by atoms with van der Waals surface area (Å²) in [6, 6.07) is 0. The van der Waals surface area contributed by atoms with Crippen LogP contribution in [0.3, 0.4) is 0 Å². The fraction of sp³-hybridized carbons (Fsp3) is 1.00. The molecule has 14 unspecified atom stereocenters. The summed E-state index contributed by atoms with van der Waals surface area (Å²) in [5.74, 6) is 2.90. The smallest absolute Gasteiger partial charge is 0.186 e. The van der Waals surface area contributed by atoms with Crippen molar-refractivity contribution in [2.75, 3.05) is 14.2 Å². The molecular formula is C22H30O6. The monoisotopic (exact) mass is 390 g/mol. The maximum Gasteiger partial charge on any atom is 0.186 e. The van der Waals surface area contributed by atoms with E-state index in [1.54, 1.807) is 14.2 Å². The standard InChI is InChI=1S/C22H30O6/c1-25-19-21(23)15-7-4-6-10-12(7)18-13(15)14-16(22(18,24)20(26-2)28-10)8-3-5-9(27-19)11(8)17(14)21/h7-20,23-24H,3-6H2,1-2H3/t7?,8?,9?,10?,11?,12?,13?,14?,15?,16?,17?,18?,19-,20?,21+,22?/m1/s1. The molecule has 2 N–H and O–H groups in total. The second-order valence-corrected chi connectivity index (χ2v) is 11.2. The van der Waals surface area contributed by atoms with E-state index in [0.717, 1.165) is 25.7 Å². The molecule has 0 aromatic rings. The summed E-state index contributed by atoms with van der Waals surface area (Å²) < 4.78 is 24.6. The van der Waals surface area contributed by atoms with Gasteiger partial charge in [0.15, 0.2) is 12.6 Å². The molecular weight excluding hydrogens is 360 g/mol. The Labute approximate surface area is 164 Å². The van der Waals surface area contributed by atoms with E-state index in [0.29, 0.717) is 35.5 Å². The van der Waals surface area contributed by atoms with Gasteiger partial charge in [-0.15, -0.1) is 0 Å². The number of hydrogen-bond donors (Lipinski definition) is 2. The van der Waals surface area contributed by atoms with Gasteiger partial charge in [-0.2, -0.15) is 0 Å². The third kappa shape index (κ3) is 1.31. The lowest BCUT2D eigenvalue weighted by Gasteiger charge is -2.51. The van der Waals surface area contributed by atoms with Crippen LogP contribution in [0.5, 0.6) is 0 Å². The van der Waals surface area contributed by atoms with Crippen LogP contribution < -0.4 is 0 Å². The van der Waals surface area contributed by atoms with Crippen LogP contribution in [0, 0.1) is 59.2 Å². The minimum atomic E-state index is -0.913. The number of aliphatic hydroxyl groups is 2. The molecule has 0 amide bonds. The third-order valence-corrected chi connectivity index (χ3v) is 11.2. The predicted octanol–water partition coefficient (Wildman–Crippen LogP) is 0.995. The van der Waals surface area contributed by atoms with Gasteiger partial charge in [0.25, 0.3) is 0 Å². The maximum atomic E-state index is 12.4. The summed E-state index contributed by atoms with van der Waals surface area (Å²) >= 11 is 0. The van der Waals surface area contributed by atoms with E-state index in [4.69, 9.17) is 18.9 Å². The molecule has 0 bridgehead atoms. The maximum absolute atomic E-state index is 12.4. The topological polar surface area (TPSA) is 77.4 Å². The van der Waals surface area contributed by atoms with Gasteiger partial charge in [0.2, 0.25) is 0 Å². The Kier molecular flexibility index (Phi) is 2.74. The Bertz CT molecular complexity index is 697. The molecule has 16 atom stereocenters. The summed E-state index contributed by atoms with van der Waals surface area (Å²) in [6.07, 6.45) is 3.41. The van der Waals surface area contributed by atoms with Crippen LogP contribution in [0.4, 0.5) is 0 Å². The van der Waals surface area contributed by atoms with Crippen LogP contribution in [0.1, 0.15) is 25.7 Å². The number of hydrogen-bond acceptors (Lipinski definition) is 6. The predicted molar refractivity (Wildman–Crippen MR) is 94.6 cm³/mol. The first-order valence-corrected chi connectivity index (χ1v) is 11.4. The average molecular weight is 390 g/mol. The second kappa shape index (κ2) is 4.66. The molecule has 8 aliphatic rings.